The molecule has 1 aromatic heterocycles. The molecule has 0 aliphatic carbocycles. The van der Waals surface area contributed by atoms with Crippen LogP contribution < -0.4 is 5.73 Å². The number of hydrogen-bond acceptors (Lipinski definition) is 6. The van der Waals surface area contributed by atoms with Gasteiger partial charge in [0.1, 0.15) is 0 Å². The van der Waals surface area contributed by atoms with Crippen LogP contribution in [0.1, 0.15) is 24.2 Å². The largest absolute Gasteiger partial charge is 0.396 e. The van der Waals surface area contributed by atoms with Crippen molar-refractivity contribution in [3.63, 3.8) is 0 Å². The van der Waals surface area contributed by atoms with E-state index in [0.717, 1.165) is 0 Å². The van der Waals surface area contributed by atoms with Crippen LogP contribution in [0.5, 0.6) is 0 Å². The molecule has 1 aromatic rings. The van der Waals surface area contributed by atoms with E-state index in [1.165, 1.54) is 0 Å². The van der Waals surface area contributed by atoms with Gasteiger partial charge in [0.25, 0.3) is 0 Å². The van der Waals surface area contributed by atoms with E-state index < -0.39 is 0 Å². The van der Waals surface area contributed by atoms with E-state index in [4.69, 9.17) is 20.1 Å². The number of aliphatic hydroxyl groups excluding tert-OH is 1. The quantitative estimate of drug-likeness (QED) is 0.652. The van der Waals surface area contributed by atoms with Gasteiger partial charge < -0.3 is 20.1 Å². The molecule has 1 atom stereocenters. The standard InChI is InChI=1S/C8H15N3O3/c1-13-5-3-6(9)8-10-7(2-4-12)11-14-8/h6,12H,2-5,9H2,1H3. The summed E-state index contributed by atoms with van der Waals surface area (Å²) < 4.78 is 9.80. The maximum atomic E-state index is 8.64. The lowest BCUT2D eigenvalue weighted by atomic mass is 10.2. The Hall–Kier alpha value is -0.980. The van der Waals surface area contributed by atoms with Crippen LogP contribution in [-0.2, 0) is 11.2 Å². The van der Waals surface area contributed by atoms with Crippen LogP contribution in [0.4, 0.5) is 0 Å². The zero-order valence-electron chi connectivity index (χ0n) is 8.14. The third kappa shape index (κ3) is 3.06. The summed E-state index contributed by atoms with van der Waals surface area (Å²) in [6, 6.07) is -0.296. The van der Waals surface area contributed by atoms with Crippen LogP contribution in [-0.4, -0.2) is 35.6 Å². The highest BCUT2D eigenvalue weighted by molar-refractivity contribution is 4.91. The fourth-order valence-electron chi connectivity index (χ4n) is 0.988. The first-order chi connectivity index (χ1) is 6.77. The summed E-state index contributed by atoms with van der Waals surface area (Å²) in [4.78, 5) is 4.03. The fourth-order valence-corrected chi connectivity index (χ4v) is 0.988. The Labute approximate surface area is 82.1 Å². The van der Waals surface area contributed by atoms with E-state index in [1.54, 1.807) is 7.11 Å². The van der Waals surface area contributed by atoms with Gasteiger partial charge in [-0.2, -0.15) is 4.98 Å². The highest BCUT2D eigenvalue weighted by atomic mass is 16.5. The molecule has 0 fully saturated rings. The smallest absolute Gasteiger partial charge is 0.243 e. The number of rotatable bonds is 6. The number of nitrogens with zero attached hydrogens (tertiary/aromatic N) is 2. The zero-order valence-corrected chi connectivity index (χ0v) is 8.14. The average molecular weight is 201 g/mol. The monoisotopic (exact) mass is 201 g/mol. The molecule has 6 nitrogen and oxygen atoms in total. The predicted molar refractivity (Wildman–Crippen MR) is 48.5 cm³/mol. The van der Waals surface area contributed by atoms with Gasteiger partial charge >= 0.3 is 0 Å². The topological polar surface area (TPSA) is 94.4 Å². The van der Waals surface area contributed by atoms with E-state index in [1.807, 2.05) is 0 Å². The molecule has 0 saturated heterocycles. The van der Waals surface area contributed by atoms with Gasteiger partial charge in [-0.1, -0.05) is 5.16 Å². The van der Waals surface area contributed by atoms with Crippen molar-refractivity contribution in [3.05, 3.63) is 11.7 Å². The summed E-state index contributed by atoms with van der Waals surface area (Å²) in [6.07, 6.45) is 1.03. The van der Waals surface area contributed by atoms with Crippen molar-refractivity contribution in [2.75, 3.05) is 20.3 Å². The second-order valence-electron chi connectivity index (χ2n) is 2.91. The van der Waals surface area contributed by atoms with Crippen LogP contribution in [0.3, 0.4) is 0 Å². The molecule has 1 rings (SSSR count). The number of aromatic nitrogens is 2. The first kappa shape index (κ1) is 11.1. The summed E-state index contributed by atoms with van der Waals surface area (Å²) in [5, 5.41) is 12.3. The maximum Gasteiger partial charge on any atom is 0.243 e. The number of ether oxygens (including phenoxy) is 1. The van der Waals surface area contributed by atoms with E-state index in [0.29, 0.717) is 31.2 Å². The van der Waals surface area contributed by atoms with Gasteiger partial charge in [-0.25, -0.2) is 0 Å². The minimum atomic E-state index is -0.296. The second-order valence-corrected chi connectivity index (χ2v) is 2.91. The molecule has 0 amide bonds. The van der Waals surface area contributed by atoms with Crippen LogP contribution in [0.25, 0.3) is 0 Å². The number of nitrogens with two attached hydrogens (primary N) is 1. The van der Waals surface area contributed by atoms with Gasteiger partial charge in [0, 0.05) is 20.1 Å². The van der Waals surface area contributed by atoms with Crippen LogP contribution >= 0.6 is 0 Å². The van der Waals surface area contributed by atoms with Crippen molar-refractivity contribution >= 4 is 0 Å². The molecule has 1 unspecified atom stereocenters. The van der Waals surface area contributed by atoms with E-state index in [2.05, 4.69) is 10.1 Å². The summed E-state index contributed by atoms with van der Waals surface area (Å²) >= 11 is 0. The summed E-state index contributed by atoms with van der Waals surface area (Å²) in [7, 11) is 1.61. The SMILES string of the molecule is COCCC(N)c1nc(CCO)no1. The molecular formula is C8H15N3O3. The third-order valence-corrected chi connectivity index (χ3v) is 1.77. The van der Waals surface area contributed by atoms with E-state index in [-0.39, 0.29) is 12.6 Å². The zero-order chi connectivity index (χ0) is 10.4. The van der Waals surface area contributed by atoms with Crippen molar-refractivity contribution in [1.82, 2.24) is 10.1 Å². The van der Waals surface area contributed by atoms with Gasteiger partial charge in [-0.15, -0.1) is 0 Å². The highest BCUT2D eigenvalue weighted by Gasteiger charge is 2.13. The van der Waals surface area contributed by atoms with Crippen molar-refractivity contribution in [3.8, 4) is 0 Å². The van der Waals surface area contributed by atoms with Crippen LogP contribution in [0.2, 0.25) is 0 Å². The lowest BCUT2D eigenvalue weighted by molar-refractivity contribution is 0.182. The summed E-state index contributed by atoms with van der Waals surface area (Å²) in [5.74, 6) is 0.876. The average Bonchev–Trinajstić information content (AvgIpc) is 2.63. The Morgan fingerprint density at radius 3 is 3.07 bits per heavy atom. The van der Waals surface area contributed by atoms with E-state index >= 15 is 0 Å². The highest BCUT2D eigenvalue weighted by Crippen LogP contribution is 2.11. The molecule has 14 heavy (non-hydrogen) atoms. The van der Waals surface area contributed by atoms with Gasteiger partial charge in [0.2, 0.25) is 5.89 Å². The van der Waals surface area contributed by atoms with Crippen molar-refractivity contribution in [2.24, 2.45) is 5.73 Å². The lowest BCUT2D eigenvalue weighted by Gasteiger charge is -2.04. The van der Waals surface area contributed by atoms with Crippen molar-refractivity contribution in [2.45, 2.75) is 18.9 Å². The molecule has 0 saturated carbocycles. The Balaban J connectivity index is 2.48. The minimum Gasteiger partial charge on any atom is -0.396 e. The molecule has 0 aliphatic heterocycles. The second kappa shape index (κ2) is 5.69. The van der Waals surface area contributed by atoms with Gasteiger partial charge in [0.05, 0.1) is 12.6 Å². The third-order valence-electron chi connectivity index (χ3n) is 1.77. The number of hydrogen-bond donors (Lipinski definition) is 2. The first-order valence-corrected chi connectivity index (χ1v) is 4.45. The van der Waals surface area contributed by atoms with Crippen LogP contribution in [0.15, 0.2) is 4.52 Å². The van der Waals surface area contributed by atoms with Crippen LogP contribution in [0, 0.1) is 0 Å². The molecule has 0 radical (unpaired) electrons. The van der Waals surface area contributed by atoms with Gasteiger partial charge in [0.15, 0.2) is 5.82 Å². The number of aliphatic hydroxyl groups is 1. The molecule has 0 aromatic carbocycles. The Morgan fingerprint density at radius 1 is 1.64 bits per heavy atom. The summed E-state index contributed by atoms with van der Waals surface area (Å²) in [5.41, 5.74) is 5.75. The molecule has 6 heteroatoms. The first-order valence-electron chi connectivity index (χ1n) is 4.45. The van der Waals surface area contributed by atoms with Gasteiger partial charge in [-0.3, -0.25) is 0 Å². The molecule has 3 N–H and O–H groups in total. The van der Waals surface area contributed by atoms with Crippen molar-refractivity contribution in [1.29, 1.82) is 0 Å². The molecular weight excluding hydrogens is 186 g/mol. The van der Waals surface area contributed by atoms with Gasteiger partial charge in [-0.05, 0) is 6.42 Å². The van der Waals surface area contributed by atoms with E-state index in [9.17, 15) is 0 Å². The molecule has 0 spiro atoms. The van der Waals surface area contributed by atoms with Crippen molar-refractivity contribution < 1.29 is 14.4 Å². The normalized spacial score (nSPS) is 13.1. The Morgan fingerprint density at radius 2 is 2.43 bits per heavy atom. The Kier molecular flexibility index (Phi) is 4.51. The molecule has 0 aliphatic rings. The molecule has 80 valence electrons. The molecule has 0 bridgehead atoms. The number of methoxy groups -OCH3 is 1. The maximum absolute atomic E-state index is 8.64. The fraction of sp³-hybridized carbons (Fsp3) is 0.750. The molecule has 1 heterocycles. The Bertz CT molecular complexity index is 264. The lowest BCUT2D eigenvalue weighted by Crippen LogP contribution is -2.13. The summed E-state index contributed by atoms with van der Waals surface area (Å²) in [6.45, 7) is 0.561. The minimum absolute atomic E-state index is 0.00623. The predicted octanol–water partition coefficient (Wildman–Crippen LogP) is -0.359.